The van der Waals surface area contributed by atoms with Crippen molar-refractivity contribution in [2.45, 2.75) is 43.2 Å². The number of amides is 1. The fourth-order valence-corrected chi connectivity index (χ4v) is 3.69. The molecule has 1 aromatic rings. The lowest BCUT2D eigenvalue weighted by molar-refractivity contribution is -0.126. The van der Waals surface area contributed by atoms with E-state index >= 15 is 0 Å². The minimum absolute atomic E-state index is 0.00728. The lowest BCUT2D eigenvalue weighted by atomic mass is 9.85. The van der Waals surface area contributed by atoms with Crippen LogP contribution in [0, 0.1) is 5.92 Å². The summed E-state index contributed by atoms with van der Waals surface area (Å²) in [5.74, 6) is 0.0253. The predicted octanol–water partition coefficient (Wildman–Crippen LogP) is 1.07. The zero-order chi connectivity index (χ0) is 17.0. The molecule has 0 aliphatic heterocycles. The quantitative estimate of drug-likeness (QED) is 0.839. The average Bonchev–Trinajstić information content (AvgIpc) is 2.52. The van der Waals surface area contributed by atoms with Crippen LogP contribution in [-0.2, 0) is 21.4 Å². The third-order valence-corrected chi connectivity index (χ3v) is 6.08. The van der Waals surface area contributed by atoms with E-state index in [0.717, 1.165) is 31.2 Å². The summed E-state index contributed by atoms with van der Waals surface area (Å²) in [5, 5.41) is 2.92. The molecule has 0 bridgehead atoms. The van der Waals surface area contributed by atoms with Crippen molar-refractivity contribution in [2.24, 2.45) is 11.7 Å². The maximum Gasteiger partial charge on any atom is 0.242 e. The second-order valence-electron chi connectivity index (χ2n) is 6.27. The highest BCUT2D eigenvalue weighted by molar-refractivity contribution is 7.89. The molecule has 6 nitrogen and oxygen atoms in total. The maximum atomic E-state index is 12.2. The molecule has 7 heteroatoms. The number of carbonyl (C=O) groups is 1. The van der Waals surface area contributed by atoms with Gasteiger partial charge in [0, 0.05) is 32.6 Å². The van der Waals surface area contributed by atoms with Gasteiger partial charge in [-0.3, -0.25) is 4.79 Å². The van der Waals surface area contributed by atoms with Gasteiger partial charge in [-0.25, -0.2) is 12.7 Å². The molecule has 1 aromatic carbocycles. The number of hydrogen-bond acceptors (Lipinski definition) is 4. The zero-order valence-corrected chi connectivity index (χ0v) is 14.5. The highest BCUT2D eigenvalue weighted by Gasteiger charge is 2.25. The van der Waals surface area contributed by atoms with Gasteiger partial charge in [0.1, 0.15) is 0 Å². The number of nitrogens with one attached hydrogen (secondary N) is 1. The Morgan fingerprint density at radius 3 is 2.48 bits per heavy atom. The van der Waals surface area contributed by atoms with Crippen LogP contribution in [0.5, 0.6) is 0 Å². The van der Waals surface area contributed by atoms with Crippen LogP contribution in [0.2, 0.25) is 0 Å². The van der Waals surface area contributed by atoms with Crippen molar-refractivity contribution in [1.29, 1.82) is 0 Å². The van der Waals surface area contributed by atoms with E-state index in [4.69, 9.17) is 5.73 Å². The minimum Gasteiger partial charge on any atom is -0.352 e. The van der Waals surface area contributed by atoms with Gasteiger partial charge in [-0.05, 0) is 37.0 Å². The van der Waals surface area contributed by atoms with Crippen LogP contribution in [0.4, 0.5) is 0 Å². The van der Waals surface area contributed by atoms with E-state index in [9.17, 15) is 13.2 Å². The number of rotatable bonds is 5. The van der Waals surface area contributed by atoms with Gasteiger partial charge in [-0.1, -0.05) is 18.6 Å². The van der Waals surface area contributed by atoms with Crippen LogP contribution in [0.15, 0.2) is 29.2 Å². The fraction of sp³-hybridized carbons (Fsp3) is 0.562. The van der Waals surface area contributed by atoms with Crippen LogP contribution in [-0.4, -0.2) is 38.8 Å². The largest absolute Gasteiger partial charge is 0.352 e. The summed E-state index contributed by atoms with van der Waals surface area (Å²) in [6, 6.07) is 6.70. The van der Waals surface area contributed by atoms with Crippen LogP contribution in [0.1, 0.15) is 31.2 Å². The molecule has 1 saturated carbocycles. The molecule has 0 radical (unpaired) electrons. The summed E-state index contributed by atoms with van der Waals surface area (Å²) < 4.78 is 25.2. The van der Waals surface area contributed by atoms with Crippen molar-refractivity contribution in [3.05, 3.63) is 29.8 Å². The van der Waals surface area contributed by atoms with Crippen molar-refractivity contribution < 1.29 is 13.2 Å². The molecule has 0 spiro atoms. The van der Waals surface area contributed by atoms with Gasteiger partial charge in [-0.2, -0.15) is 0 Å². The molecule has 0 saturated heterocycles. The van der Waals surface area contributed by atoms with Gasteiger partial charge >= 0.3 is 0 Å². The van der Waals surface area contributed by atoms with Crippen LogP contribution in [0.25, 0.3) is 0 Å². The van der Waals surface area contributed by atoms with Crippen LogP contribution < -0.4 is 11.1 Å². The van der Waals surface area contributed by atoms with Crippen molar-refractivity contribution >= 4 is 15.9 Å². The predicted molar refractivity (Wildman–Crippen MR) is 89.1 cm³/mol. The van der Waals surface area contributed by atoms with Crippen LogP contribution >= 0.6 is 0 Å². The monoisotopic (exact) mass is 339 g/mol. The normalized spacial score (nSPS) is 22.1. The Kier molecular flexibility index (Phi) is 5.78. The number of carbonyl (C=O) groups excluding carboxylic acids is 1. The second-order valence-corrected chi connectivity index (χ2v) is 8.42. The molecular formula is C16H25N3O3S. The summed E-state index contributed by atoms with van der Waals surface area (Å²) in [6.07, 6.45) is 3.62. The van der Waals surface area contributed by atoms with E-state index in [1.165, 1.54) is 18.4 Å². The van der Waals surface area contributed by atoms with E-state index in [2.05, 4.69) is 5.32 Å². The molecule has 2 atom stereocenters. The molecule has 0 aromatic heterocycles. The molecule has 2 unspecified atom stereocenters. The molecule has 2 rings (SSSR count). The van der Waals surface area contributed by atoms with Crippen molar-refractivity contribution in [3.8, 4) is 0 Å². The number of benzene rings is 1. The first-order valence-corrected chi connectivity index (χ1v) is 9.29. The van der Waals surface area contributed by atoms with Gasteiger partial charge in [0.05, 0.1) is 4.90 Å². The summed E-state index contributed by atoms with van der Waals surface area (Å²) in [7, 11) is -0.419. The Morgan fingerprint density at radius 1 is 1.26 bits per heavy atom. The highest BCUT2D eigenvalue weighted by Crippen LogP contribution is 2.23. The van der Waals surface area contributed by atoms with E-state index < -0.39 is 10.0 Å². The molecule has 1 amide bonds. The third kappa shape index (κ3) is 4.53. The fourth-order valence-electron chi connectivity index (χ4n) is 2.79. The number of nitrogens with zero attached hydrogens (tertiary/aromatic N) is 1. The number of sulfonamides is 1. The summed E-state index contributed by atoms with van der Waals surface area (Å²) in [6.45, 7) is 0.396. The molecule has 23 heavy (non-hydrogen) atoms. The molecule has 1 aliphatic carbocycles. The lowest BCUT2D eigenvalue weighted by Gasteiger charge is -2.25. The molecule has 3 N–H and O–H groups in total. The van der Waals surface area contributed by atoms with E-state index in [-0.39, 0.29) is 22.8 Å². The van der Waals surface area contributed by atoms with Crippen molar-refractivity contribution in [1.82, 2.24) is 9.62 Å². The van der Waals surface area contributed by atoms with E-state index in [1.807, 2.05) is 0 Å². The minimum atomic E-state index is -3.42. The smallest absolute Gasteiger partial charge is 0.242 e. The third-order valence-electron chi connectivity index (χ3n) is 4.25. The van der Waals surface area contributed by atoms with Gasteiger partial charge < -0.3 is 11.1 Å². The van der Waals surface area contributed by atoms with Crippen LogP contribution in [0.3, 0.4) is 0 Å². The maximum absolute atomic E-state index is 12.2. The Labute approximate surface area is 138 Å². The molecular weight excluding hydrogens is 314 g/mol. The van der Waals surface area contributed by atoms with Crippen molar-refractivity contribution in [2.75, 3.05) is 14.1 Å². The molecule has 1 aliphatic rings. The van der Waals surface area contributed by atoms with Crippen molar-refractivity contribution in [3.63, 3.8) is 0 Å². The molecule has 128 valence electrons. The van der Waals surface area contributed by atoms with Gasteiger partial charge in [0.2, 0.25) is 15.9 Å². The van der Waals surface area contributed by atoms with Gasteiger partial charge in [-0.15, -0.1) is 0 Å². The standard InChI is InChI=1S/C16H25N3O3S/c1-19(2)23(21,22)15-8-6-12(7-9-15)11-18-16(20)13-4-3-5-14(17)10-13/h6-9,13-14H,3-5,10-11,17H2,1-2H3,(H,18,20). The highest BCUT2D eigenvalue weighted by atomic mass is 32.2. The Hall–Kier alpha value is -1.44. The summed E-state index contributed by atoms with van der Waals surface area (Å²) >= 11 is 0. The van der Waals surface area contributed by atoms with E-state index in [1.54, 1.807) is 24.3 Å². The first kappa shape index (κ1) is 17.9. The number of hydrogen-bond donors (Lipinski definition) is 2. The second kappa shape index (κ2) is 7.42. The SMILES string of the molecule is CN(C)S(=O)(=O)c1ccc(CNC(=O)C2CCCC(N)C2)cc1. The van der Waals surface area contributed by atoms with Gasteiger partial charge in [0.25, 0.3) is 0 Å². The summed E-state index contributed by atoms with van der Waals surface area (Å²) in [5.41, 5.74) is 6.78. The summed E-state index contributed by atoms with van der Waals surface area (Å²) in [4.78, 5) is 12.4. The average molecular weight is 339 g/mol. The Morgan fingerprint density at radius 2 is 1.91 bits per heavy atom. The Balaban J connectivity index is 1.93. The van der Waals surface area contributed by atoms with Gasteiger partial charge in [0.15, 0.2) is 0 Å². The lowest BCUT2D eigenvalue weighted by Crippen LogP contribution is -2.37. The molecule has 1 fully saturated rings. The first-order valence-electron chi connectivity index (χ1n) is 7.85. The zero-order valence-electron chi connectivity index (χ0n) is 13.7. The first-order chi connectivity index (χ1) is 10.8. The Bertz CT molecular complexity index is 641. The molecule has 0 heterocycles. The topological polar surface area (TPSA) is 92.5 Å². The number of nitrogens with two attached hydrogens (primary N) is 1. The van der Waals surface area contributed by atoms with E-state index in [0.29, 0.717) is 6.54 Å².